The summed E-state index contributed by atoms with van der Waals surface area (Å²) in [6.07, 6.45) is 3.31. The van der Waals surface area contributed by atoms with Crippen LogP contribution in [0.25, 0.3) is 0 Å². The van der Waals surface area contributed by atoms with E-state index in [4.69, 9.17) is 18.9 Å². The monoisotopic (exact) mass is 446 g/mol. The van der Waals surface area contributed by atoms with Gasteiger partial charge in [0.1, 0.15) is 0 Å². The van der Waals surface area contributed by atoms with Crippen LogP contribution in [0.1, 0.15) is 59.2 Å². The molecule has 0 heterocycles. The van der Waals surface area contributed by atoms with Gasteiger partial charge in [-0.05, 0) is 37.1 Å². The highest BCUT2D eigenvalue weighted by Crippen LogP contribution is 2.40. The molecule has 0 bridgehead atoms. The molecule has 0 radical (unpaired) electrons. The van der Waals surface area contributed by atoms with Crippen LogP contribution < -0.4 is 18.9 Å². The molecule has 0 spiro atoms. The molecule has 174 valence electrons. The number of ether oxygens (including phenoxy) is 4. The van der Waals surface area contributed by atoms with E-state index >= 15 is 0 Å². The number of Topliss-reactive ketones (excluding diaryl/α,β-unsaturated/α-hetero) is 2. The van der Waals surface area contributed by atoms with E-state index in [2.05, 4.69) is 0 Å². The minimum absolute atomic E-state index is 0.135. The normalized spacial score (nSPS) is 10.5. The molecule has 0 atom stereocenters. The number of methoxy groups -OCH3 is 4. The lowest BCUT2D eigenvalue weighted by Gasteiger charge is -2.12. The van der Waals surface area contributed by atoms with Crippen molar-refractivity contribution in [2.45, 2.75) is 38.5 Å². The fourth-order valence-corrected chi connectivity index (χ4v) is 3.47. The fourth-order valence-electron chi connectivity index (χ4n) is 3.47. The highest BCUT2D eigenvalue weighted by Gasteiger charge is 2.20. The first kappa shape index (κ1) is 24.8. The number of hydrogen-bond donors (Lipinski definition) is 2. The van der Waals surface area contributed by atoms with Gasteiger partial charge >= 0.3 is 0 Å². The maximum atomic E-state index is 12.4. The van der Waals surface area contributed by atoms with Crippen molar-refractivity contribution < 1.29 is 38.7 Å². The van der Waals surface area contributed by atoms with Crippen LogP contribution in [-0.4, -0.2) is 50.2 Å². The largest absolute Gasteiger partial charge is 0.504 e. The number of carbonyl (C=O) groups excluding carboxylic acids is 2. The van der Waals surface area contributed by atoms with Crippen LogP contribution in [0, 0.1) is 0 Å². The highest BCUT2D eigenvalue weighted by atomic mass is 16.5. The average molecular weight is 446 g/mol. The molecule has 2 rings (SSSR count). The van der Waals surface area contributed by atoms with Crippen molar-refractivity contribution in [1.82, 2.24) is 0 Å². The predicted molar refractivity (Wildman–Crippen MR) is 119 cm³/mol. The lowest BCUT2D eigenvalue weighted by Crippen LogP contribution is -2.03. The number of phenolic OH excluding ortho intramolecular Hbond substituents is 2. The summed E-state index contributed by atoms with van der Waals surface area (Å²) in [6.45, 7) is 0. The number of unbranched alkanes of at least 4 members (excludes halogenated alkanes) is 3. The van der Waals surface area contributed by atoms with Crippen molar-refractivity contribution in [3.63, 3.8) is 0 Å². The van der Waals surface area contributed by atoms with Crippen molar-refractivity contribution in [3.05, 3.63) is 35.4 Å². The topological polar surface area (TPSA) is 112 Å². The van der Waals surface area contributed by atoms with E-state index in [1.54, 1.807) is 12.1 Å². The van der Waals surface area contributed by atoms with Crippen LogP contribution >= 0.6 is 0 Å². The number of ketones is 2. The van der Waals surface area contributed by atoms with Crippen molar-refractivity contribution in [2.24, 2.45) is 0 Å². The zero-order chi connectivity index (χ0) is 23.7. The van der Waals surface area contributed by atoms with E-state index in [0.29, 0.717) is 24.3 Å². The first-order valence-corrected chi connectivity index (χ1v) is 10.3. The number of carbonyl (C=O) groups is 2. The molecule has 2 N–H and O–H groups in total. The molecule has 0 saturated carbocycles. The summed E-state index contributed by atoms with van der Waals surface area (Å²) in [4.78, 5) is 24.9. The van der Waals surface area contributed by atoms with Crippen molar-refractivity contribution in [1.29, 1.82) is 0 Å². The van der Waals surface area contributed by atoms with E-state index in [0.717, 1.165) is 12.8 Å². The summed E-state index contributed by atoms with van der Waals surface area (Å²) in [5.74, 6) is 0.155. The Labute approximate surface area is 187 Å². The van der Waals surface area contributed by atoms with Gasteiger partial charge < -0.3 is 29.2 Å². The summed E-state index contributed by atoms with van der Waals surface area (Å²) in [7, 11) is 5.70. The number of phenols is 2. The van der Waals surface area contributed by atoms with Gasteiger partial charge in [-0.1, -0.05) is 12.8 Å². The summed E-state index contributed by atoms with van der Waals surface area (Å²) in [6, 6.07) is 6.21. The summed E-state index contributed by atoms with van der Waals surface area (Å²) in [5.41, 5.74) is 0.392. The maximum absolute atomic E-state index is 12.4. The Morgan fingerprint density at radius 3 is 1.31 bits per heavy atom. The fraction of sp³-hybridized carbons (Fsp3) is 0.417. The summed E-state index contributed by atoms with van der Waals surface area (Å²) >= 11 is 0. The Kier molecular flexibility index (Phi) is 9.19. The van der Waals surface area contributed by atoms with E-state index in [1.165, 1.54) is 40.6 Å². The van der Waals surface area contributed by atoms with Crippen LogP contribution in [0.5, 0.6) is 34.5 Å². The van der Waals surface area contributed by atoms with E-state index < -0.39 is 0 Å². The van der Waals surface area contributed by atoms with Crippen molar-refractivity contribution in [3.8, 4) is 34.5 Å². The van der Waals surface area contributed by atoms with Gasteiger partial charge in [0.15, 0.2) is 34.6 Å². The van der Waals surface area contributed by atoms with Gasteiger partial charge in [0, 0.05) is 12.8 Å². The second-order valence-corrected chi connectivity index (χ2v) is 7.16. The zero-order valence-corrected chi connectivity index (χ0v) is 18.9. The minimum atomic E-state index is -0.225. The van der Waals surface area contributed by atoms with Gasteiger partial charge in [-0.2, -0.15) is 0 Å². The van der Waals surface area contributed by atoms with Gasteiger partial charge in [-0.3, -0.25) is 9.59 Å². The van der Waals surface area contributed by atoms with Gasteiger partial charge in [-0.15, -0.1) is 0 Å². The lowest BCUT2D eigenvalue weighted by molar-refractivity contribution is 0.0962. The Balaban J connectivity index is 1.82. The Morgan fingerprint density at radius 2 is 1.00 bits per heavy atom. The lowest BCUT2D eigenvalue weighted by atomic mass is 10.00. The van der Waals surface area contributed by atoms with Gasteiger partial charge in [0.05, 0.1) is 39.6 Å². The highest BCUT2D eigenvalue weighted by molar-refractivity contribution is 6.00. The molecule has 32 heavy (non-hydrogen) atoms. The standard InChI is InChI=1S/C24H30O8/c1-29-19-13-11-15(21(27)23(19)31-3)17(25)9-7-5-6-8-10-18(26)16-12-14-20(30-2)24(32-4)22(16)28/h11-14,27-28H,5-10H2,1-4H3. The van der Waals surface area contributed by atoms with Gasteiger partial charge in [-0.25, -0.2) is 0 Å². The van der Waals surface area contributed by atoms with Crippen LogP contribution in [0.15, 0.2) is 24.3 Å². The van der Waals surface area contributed by atoms with Crippen LogP contribution in [0.2, 0.25) is 0 Å². The van der Waals surface area contributed by atoms with E-state index in [1.807, 2.05) is 0 Å². The number of benzene rings is 2. The average Bonchev–Trinajstić information content (AvgIpc) is 2.80. The van der Waals surface area contributed by atoms with Crippen LogP contribution in [0.3, 0.4) is 0 Å². The predicted octanol–water partition coefficient (Wildman–Crippen LogP) is 4.54. The van der Waals surface area contributed by atoms with Crippen molar-refractivity contribution in [2.75, 3.05) is 28.4 Å². The zero-order valence-electron chi connectivity index (χ0n) is 18.9. The Bertz CT molecular complexity index is 874. The molecule has 0 aliphatic carbocycles. The third-order valence-corrected chi connectivity index (χ3v) is 5.20. The molecule has 0 amide bonds. The SMILES string of the molecule is COc1ccc(C(=O)CCCCCCC(=O)c2ccc(OC)c(OC)c2O)c(O)c1OC. The molecule has 2 aromatic rings. The molecule has 0 saturated heterocycles. The Hall–Kier alpha value is -3.42. The maximum Gasteiger partial charge on any atom is 0.203 e. The first-order valence-electron chi connectivity index (χ1n) is 10.3. The molecular weight excluding hydrogens is 416 g/mol. The third-order valence-electron chi connectivity index (χ3n) is 5.20. The molecule has 8 nitrogen and oxygen atoms in total. The molecule has 0 fully saturated rings. The summed E-state index contributed by atoms with van der Waals surface area (Å²) < 4.78 is 20.5. The second kappa shape index (κ2) is 11.8. The molecule has 2 aromatic carbocycles. The number of rotatable bonds is 13. The van der Waals surface area contributed by atoms with Gasteiger partial charge in [0.2, 0.25) is 11.5 Å². The van der Waals surface area contributed by atoms with Crippen LogP contribution in [-0.2, 0) is 0 Å². The molecule has 0 aliphatic heterocycles. The van der Waals surface area contributed by atoms with E-state index in [9.17, 15) is 19.8 Å². The molecule has 0 unspecified atom stereocenters. The summed E-state index contributed by atoms with van der Waals surface area (Å²) in [5, 5.41) is 20.5. The van der Waals surface area contributed by atoms with Crippen LogP contribution in [0.4, 0.5) is 0 Å². The third kappa shape index (κ3) is 5.63. The quantitative estimate of drug-likeness (QED) is 0.341. The molecule has 0 aromatic heterocycles. The molecule has 0 aliphatic rings. The first-order chi connectivity index (χ1) is 15.4. The second-order valence-electron chi connectivity index (χ2n) is 7.16. The number of hydrogen-bond acceptors (Lipinski definition) is 8. The van der Waals surface area contributed by atoms with Gasteiger partial charge in [0.25, 0.3) is 0 Å². The molecular formula is C24H30O8. The minimum Gasteiger partial charge on any atom is -0.504 e. The van der Waals surface area contributed by atoms with E-state index in [-0.39, 0.29) is 58.5 Å². The molecule has 8 heteroatoms. The number of aromatic hydroxyl groups is 2. The smallest absolute Gasteiger partial charge is 0.203 e. The Morgan fingerprint density at radius 1 is 0.625 bits per heavy atom. The van der Waals surface area contributed by atoms with Crippen molar-refractivity contribution >= 4 is 11.6 Å².